The molecule has 3 heterocycles. The molecule has 190 valence electrons. The van der Waals surface area contributed by atoms with Crippen molar-refractivity contribution in [1.82, 2.24) is 19.8 Å². The fourth-order valence-electron chi connectivity index (χ4n) is 5.80. The molecule has 2 aromatic carbocycles. The van der Waals surface area contributed by atoms with Crippen LogP contribution in [-0.2, 0) is 6.54 Å². The molecule has 37 heavy (non-hydrogen) atoms. The Hall–Kier alpha value is -3.64. The molecule has 1 saturated heterocycles. The highest BCUT2D eigenvalue weighted by Gasteiger charge is 2.41. The van der Waals surface area contributed by atoms with E-state index in [0.29, 0.717) is 6.54 Å². The van der Waals surface area contributed by atoms with Crippen LogP contribution >= 0.6 is 12.2 Å². The molecular weight excluding hydrogens is 476 g/mol. The Bertz CT molecular complexity index is 1420. The Labute approximate surface area is 225 Å². The zero-order valence-corrected chi connectivity index (χ0v) is 23.2. The first-order valence-electron chi connectivity index (χ1n) is 12.7. The van der Waals surface area contributed by atoms with Gasteiger partial charge in [-0.3, -0.25) is 4.98 Å². The second kappa shape index (κ2) is 10.0. The predicted molar refractivity (Wildman–Crippen MR) is 153 cm³/mol. The van der Waals surface area contributed by atoms with Gasteiger partial charge in [0.15, 0.2) is 5.11 Å². The molecule has 1 aliphatic heterocycles. The van der Waals surface area contributed by atoms with Gasteiger partial charge in [-0.2, -0.15) is 0 Å². The first-order valence-corrected chi connectivity index (χ1v) is 13.1. The number of benzene rings is 2. The zero-order chi connectivity index (χ0) is 26.3. The number of aryl methyl sites for hydroxylation is 4. The summed E-state index contributed by atoms with van der Waals surface area (Å²) in [7, 11) is 1.69. The van der Waals surface area contributed by atoms with E-state index in [-0.39, 0.29) is 12.1 Å². The van der Waals surface area contributed by atoms with Gasteiger partial charge in [-0.15, -0.1) is 0 Å². The lowest BCUT2D eigenvalue weighted by atomic mass is 9.96. The highest BCUT2D eigenvalue weighted by molar-refractivity contribution is 7.80. The molecule has 2 atom stereocenters. The van der Waals surface area contributed by atoms with Gasteiger partial charge in [-0.25, -0.2) is 0 Å². The minimum Gasteiger partial charge on any atom is -0.497 e. The standard InChI is InChI=1S/C31H34N4OS/c1-19-15-20(2)29(21(3)16-19)35-22(4)17-26(23(35)5)30-28(27-9-7-8-14-32-27)33-31(37)34(30)18-24-10-12-25(36-6)13-11-24/h7-17,28,30H,18H2,1-6H3,(H,33,37)/t28-,30+/m1/s1. The van der Waals surface area contributed by atoms with Crippen LogP contribution in [0.3, 0.4) is 0 Å². The minimum absolute atomic E-state index is 0.00416. The van der Waals surface area contributed by atoms with Gasteiger partial charge in [0.25, 0.3) is 0 Å². The van der Waals surface area contributed by atoms with E-state index < -0.39 is 0 Å². The Morgan fingerprint density at radius 1 is 0.946 bits per heavy atom. The van der Waals surface area contributed by atoms with Crippen molar-refractivity contribution >= 4 is 17.3 Å². The molecule has 1 aliphatic rings. The Morgan fingerprint density at radius 3 is 2.27 bits per heavy atom. The second-order valence-electron chi connectivity index (χ2n) is 10.0. The lowest BCUT2D eigenvalue weighted by Gasteiger charge is -2.28. The minimum atomic E-state index is -0.0545. The topological polar surface area (TPSA) is 42.3 Å². The Balaban J connectivity index is 1.63. The molecule has 4 aromatic rings. The van der Waals surface area contributed by atoms with E-state index in [0.717, 1.165) is 16.6 Å². The van der Waals surface area contributed by atoms with E-state index in [2.05, 4.69) is 85.8 Å². The lowest BCUT2D eigenvalue weighted by molar-refractivity contribution is 0.310. The third kappa shape index (κ3) is 4.62. The number of thiocarbonyl (C=S) groups is 1. The van der Waals surface area contributed by atoms with E-state index in [1.807, 2.05) is 30.5 Å². The average Bonchev–Trinajstić information content (AvgIpc) is 3.35. The van der Waals surface area contributed by atoms with Gasteiger partial charge in [-0.1, -0.05) is 35.9 Å². The van der Waals surface area contributed by atoms with Crippen LogP contribution in [0.4, 0.5) is 0 Å². The van der Waals surface area contributed by atoms with Crippen molar-refractivity contribution in [2.75, 3.05) is 7.11 Å². The maximum atomic E-state index is 5.93. The van der Waals surface area contributed by atoms with Gasteiger partial charge < -0.3 is 19.5 Å². The summed E-state index contributed by atoms with van der Waals surface area (Å²) in [6.45, 7) is 11.7. The van der Waals surface area contributed by atoms with E-state index >= 15 is 0 Å². The number of ether oxygens (including phenoxy) is 1. The van der Waals surface area contributed by atoms with Crippen LogP contribution in [-0.4, -0.2) is 26.7 Å². The SMILES string of the molecule is COc1ccc(CN2C(=S)N[C@H](c3ccccn3)[C@@H]2c2cc(C)n(-c3c(C)cc(C)cc3C)c2C)cc1. The summed E-state index contributed by atoms with van der Waals surface area (Å²) in [5, 5.41) is 4.34. The van der Waals surface area contributed by atoms with Crippen molar-refractivity contribution < 1.29 is 4.74 Å². The number of hydrogen-bond donors (Lipinski definition) is 1. The van der Waals surface area contributed by atoms with E-state index in [1.165, 1.54) is 44.9 Å². The molecule has 5 nitrogen and oxygen atoms in total. The Morgan fingerprint density at radius 2 is 1.65 bits per heavy atom. The van der Waals surface area contributed by atoms with E-state index in [4.69, 9.17) is 21.9 Å². The van der Waals surface area contributed by atoms with E-state index in [1.54, 1.807) is 7.11 Å². The van der Waals surface area contributed by atoms with Gasteiger partial charge in [0, 0.05) is 24.1 Å². The summed E-state index contributed by atoms with van der Waals surface area (Å²) in [6, 6.07) is 21.1. The van der Waals surface area contributed by atoms with Crippen molar-refractivity contribution in [3.63, 3.8) is 0 Å². The van der Waals surface area contributed by atoms with Crippen LogP contribution in [0, 0.1) is 34.6 Å². The third-order valence-electron chi connectivity index (χ3n) is 7.36. The molecule has 2 aromatic heterocycles. The lowest BCUT2D eigenvalue weighted by Crippen LogP contribution is -2.29. The van der Waals surface area contributed by atoms with Crippen molar-refractivity contribution in [2.24, 2.45) is 0 Å². The zero-order valence-electron chi connectivity index (χ0n) is 22.4. The normalized spacial score (nSPS) is 17.2. The van der Waals surface area contributed by atoms with Gasteiger partial charge in [0.2, 0.25) is 0 Å². The van der Waals surface area contributed by atoms with Gasteiger partial charge >= 0.3 is 0 Å². The molecule has 0 aliphatic carbocycles. The summed E-state index contributed by atoms with van der Waals surface area (Å²) < 4.78 is 7.77. The molecule has 6 heteroatoms. The molecule has 0 radical (unpaired) electrons. The van der Waals surface area contributed by atoms with Crippen molar-refractivity contribution in [3.8, 4) is 11.4 Å². The van der Waals surface area contributed by atoms with Crippen LogP contribution in [0.5, 0.6) is 5.75 Å². The smallest absolute Gasteiger partial charge is 0.170 e. The second-order valence-corrected chi connectivity index (χ2v) is 10.4. The van der Waals surface area contributed by atoms with Crippen LogP contribution in [0.15, 0.2) is 66.9 Å². The number of methoxy groups -OCH3 is 1. The van der Waals surface area contributed by atoms with Crippen LogP contribution in [0.2, 0.25) is 0 Å². The quantitative estimate of drug-likeness (QED) is 0.296. The molecule has 1 fully saturated rings. The molecule has 0 saturated carbocycles. The van der Waals surface area contributed by atoms with Crippen molar-refractivity contribution in [2.45, 2.75) is 53.2 Å². The first kappa shape index (κ1) is 25.0. The van der Waals surface area contributed by atoms with Crippen molar-refractivity contribution in [3.05, 3.63) is 112 Å². The summed E-state index contributed by atoms with van der Waals surface area (Å²) in [6.07, 6.45) is 1.85. The number of nitrogens with one attached hydrogen (secondary N) is 1. The average molecular weight is 511 g/mol. The fraction of sp³-hybridized carbons (Fsp3) is 0.290. The molecule has 0 unspecified atom stereocenters. The summed E-state index contributed by atoms with van der Waals surface area (Å²) in [5.74, 6) is 0.848. The summed E-state index contributed by atoms with van der Waals surface area (Å²) in [5.41, 5.74) is 11.0. The van der Waals surface area contributed by atoms with Crippen LogP contribution < -0.4 is 10.1 Å². The monoisotopic (exact) mass is 510 g/mol. The van der Waals surface area contributed by atoms with Crippen molar-refractivity contribution in [1.29, 1.82) is 0 Å². The highest BCUT2D eigenvalue weighted by atomic mass is 32.1. The maximum Gasteiger partial charge on any atom is 0.170 e. The third-order valence-corrected chi connectivity index (χ3v) is 7.71. The van der Waals surface area contributed by atoms with E-state index in [9.17, 15) is 0 Å². The fourth-order valence-corrected chi connectivity index (χ4v) is 6.10. The summed E-state index contributed by atoms with van der Waals surface area (Å²) in [4.78, 5) is 7.02. The van der Waals surface area contributed by atoms with Gasteiger partial charge in [0.05, 0.1) is 30.6 Å². The predicted octanol–water partition coefficient (Wildman–Crippen LogP) is 6.60. The highest BCUT2D eigenvalue weighted by Crippen LogP contribution is 2.42. The van der Waals surface area contributed by atoms with Crippen LogP contribution in [0.25, 0.3) is 5.69 Å². The first-order chi connectivity index (χ1) is 17.8. The number of hydrogen-bond acceptors (Lipinski definition) is 3. The number of pyridine rings is 1. The molecule has 0 bridgehead atoms. The summed E-state index contributed by atoms with van der Waals surface area (Å²) >= 11 is 5.93. The molecule has 0 spiro atoms. The molecular formula is C31H34N4OS. The number of nitrogens with zero attached hydrogens (tertiary/aromatic N) is 3. The van der Waals surface area contributed by atoms with Crippen LogP contribution in [0.1, 0.15) is 57.0 Å². The molecule has 0 amide bonds. The Kier molecular flexibility index (Phi) is 6.78. The largest absolute Gasteiger partial charge is 0.497 e. The van der Waals surface area contributed by atoms with Gasteiger partial charge in [0.1, 0.15) is 5.75 Å². The number of aromatic nitrogens is 2. The number of rotatable bonds is 6. The molecule has 1 N–H and O–H groups in total. The van der Waals surface area contributed by atoms with Gasteiger partial charge in [-0.05, 0) is 99.4 Å². The maximum absolute atomic E-state index is 5.93. The molecule has 5 rings (SSSR count).